The maximum atomic E-state index is 13.4. The summed E-state index contributed by atoms with van der Waals surface area (Å²) in [6.45, 7) is 6.25. The van der Waals surface area contributed by atoms with E-state index in [1.807, 2.05) is 13.8 Å². The lowest BCUT2D eigenvalue weighted by Gasteiger charge is -2.25. The number of aromatic nitrogens is 2. The summed E-state index contributed by atoms with van der Waals surface area (Å²) >= 11 is 0. The van der Waals surface area contributed by atoms with E-state index in [4.69, 9.17) is 14.5 Å². The Hall–Kier alpha value is -3.52. The van der Waals surface area contributed by atoms with Crippen molar-refractivity contribution in [1.29, 1.82) is 0 Å². The molecule has 0 spiro atoms. The van der Waals surface area contributed by atoms with Gasteiger partial charge in [0, 0.05) is 10.9 Å². The average molecular weight is 436 g/mol. The van der Waals surface area contributed by atoms with Gasteiger partial charge in [0.25, 0.3) is 18.5 Å². The van der Waals surface area contributed by atoms with E-state index < -0.39 is 5.60 Å². The Morgan fingerprint density at radius 2 is 1.97 bits per heavy atom. The van der Waals surface area contributed by atoms with Gasteiger partial charge in [-0.25, -0.2) is 4.98 Å². The molecule has 1 aromatic carbocycles. The van der Waals surface area contributed by atoms with Crippen LogP contribution in [0.2, 0.25) is 0 Å². The zero-order valence-corrected chi connectivity index (χ0v) is 18.2. The molecule has 0 saturated heterocycles. The number of carbonyl (C=O) groups is 2. The largest absolute Gasteiger partial charge is 0.463 e. The quantitative estimate of drug-likeness (QED) is 0.423. The van der Waals surface area contributed by atoms with E-state index >= 15 is 0 Å². The average Bonchev–Trinajstić information content (AvgIpc) is 3.15. The van der Waals surface area contributed by atoms with Gasteiger partial charge in [0.2, 0.25) is 0 Å². The molecule has 3 heterocycles. The van der Waals surface area contributed by atoms with Crippen molar-refractivity contribution in [3.63, 3.8) is 0 Å². The third-order valence-corrected chi connectivity index (χ3v) is 6.24. The van der Waals surface area contributed by atoms with Crippen LogP contribution < -0.4 is 10.3 Å². The van der Waals surface area contributed by atoms with Crippen LogP contribution in [0.3, 0.4) is 0 Å². The van der Waals surface area contributed by atoms with E-state index in [0.29, 0.717) is 55.0 Å². The second kappa shape index (κ2) is 8.20. The summed E-state index contributed by atoms with van der Waals surface area (Å²) in [5.74, 6) is 0.422. The molecular weight excluding hydrogens is 412 g/mol. The van der Waals surface area contributed by atoms with Crippen molar-refractivity contribution in [2.75, 3.05) is 0 Å². The summed E-state index contributed by atoms with van der Waals surface area (Å²) in [6.07, 6.45) is 1.07. The standard InChI is InChI=1S/C24H24N2O6/c1-4-15-16-8-14(32-13-28)6-7-20(16)25-22-17(15)10-26-21(22)9-19(24(3,30)5-2)18(23(26)29)11-31-12-27/h6-9,12-13,30H,4-5,10-11H2,1-3H3. The second-order valence-corrected chi connectivity index (χ2v) is 8.01. The number of fused-ring (bicyclic) bond motifs is 4. The van der Waals surface area contributed by atoms with Crippen LogP contribution in [-0.2, 0) is 39.5 Å². The summed E-state index contributed by atoms with van der Waals surface area (Å²) < 4.78 is 11.5. The minimum atomic E-state index is -1.27. The van der Waals surface area contributed by atoms with Crippen LogP contribution in [0.5, 0.6) is 5.75 Å². The zero-order valence-electron chi connectivity index (χ0n) is 18.2. The highest BCUT2D eigenvalue weighted by atomic mass is 16.5. The van der Waals surface area contributed by atoms with Gasteiger partial charge in [-0.2, -0.15) is 0 Å². The molecule has 1 aliphatic rings. The molecule has 8 nitrogen and oxygen atoms in total. The molecule has 2 aromatic heterocycles. The molecule has 1 unspecified atom stereocenters. The Kier molecular flexibility index (Phi) is 5.56. The molecule has 0 fully saturated rings. The first kappa shape index (κ1) is 21.7. The Bertz CT molecular complexity index is 1290. The molecule has 0 bridgehead atoms. The van der Waals surface area contributed by atoms with E-state index in [-0.39, 0.29) is 17.7 Å². The highest BCUT2D eigenvalue weighted by Gasteiger charge is 2.32. The number of carbonyl (C=O) groups excluding carboxylic acids is 2. The molecule has 0 amide bonds. The molecule has 3 aromatic rings. The Labute approximate surface area is 184 Å². The van der Waals surface area contributed by atoms with Crippen molar-refractivity contribution in [3.05, 3.63) is 56.9 Å². The number of ether oxygens (including phenoxy) is 2. The highest BCUT2D eigenvalue weighted by Crippen LogP contribution is 2.39. The Morgan fingerprint density at radius 1 is 1.19 bits per heavy atom. The van der Waals surface area contributed by atoms with Gasteiger partial charge in [-0.1, -0.05) is 13.8 Å². The van der Waals surface area contributed by atoms with Crippen molar-refractivity contribution in [2.45, 2.75) is 52.4 Å². The lowest BCUT2D eigenvalue weighted by atomic mass is 9.89. The number of rotatable bonds is 8. The molecule has 32 heavy (non-hydrogen) atoms. The van der Waals surface area contributed by atoms with E-state index in [1.165, 1.54) is 0 Å². The van der Waals surface area contributed by atoms with E-state index in [2.05, 4.69) is 0 Å². The number of pyridine rings is 2. The summed E-state index contributed by atoms with van der Waals surface area (Å²) in [4.78, 5) is 39.8. The Morgan fingerprint density at radius 3 is 2.62 bits per heavy atom. The third-order valence-electron chi connectivity index (χ3n) is 6.24. The van der Waals surface area contributed by atoms with Crippen molar-refractivity contribution in [3.8, 4) is 17.1 Å². The molecule has 0 radical (unpaired) electrons. The first-order chi connectivity index (χ1) is 15.4. The minimum Gasteiger partial charge on any atom is -0.463 e. The molecule has 8 heteroatoms. The zero-order chi connectivity index (χ0) is 23.0. The molecule has 166 valence electrons. The van der Waals surface area contributed by atoms with Crippen LogP contribution in [0.15, 0.2) is 29.1 Å². The lowest BCUT2D eigenvalue weighted by Crippen LogP contribution is -2.31. The number of hydrogen-bond donors (Lipinski definition) is 1. The van der Waals surface area contributed by atoms with Crippen LogP contribution in [0, 0.1) is 0 Å². The summed E-state index contributed by atoms with van der Waals surface area (Å²) in [6, 6.07) is 7.01. The number of aryl methyl sites for hydroxylation is 1. The van der Waals surface area contributed by atoms with Gasteiger partial charge >= 0.3 is 0 Å². The van der Waals surface area contributed by atoms with E-state index in [1.54, 1.807) is 35.8 Å². The molecule has 1 aliphatic heterocycles. The van der Waals surface area contributed by atoms with Crippen LogP contribution in [0.25, 0.3) is 22.3 Å². The number of nitrogens with zero attached hydrogens (tertiary/aromatic N) is 2. The molecule has 4 rings (SSSR count). The van der Waals surface area contributed by atoms with Gasteiger partial charge in [0.15, 0.2) is 0 Å². The van der Waals surface area contributed by atoms with Crippen molar-refractivity contribution < 1.29 is 24.2 Å². The maximum absolute atomic E-state index is 13.4. The van der Waals surface area contributed by atoms with Gasteiger partial charge in [-0.05, 0) is 55.2 Å². The van der Waals surface area contributed by atoms with Crippen molar-refractivity contribution in [1.82, 2.24) is 9.55 Å². The minimum absolute atomic E-state index is 0.215. The van der Waals surface area contributed by atoms with Crippen LogP contribution in [-0.4, -0.2) is 27.6 Å². The van der Waals surface area contributed by atoms with E-state index in [0.717, 1.165) is 22.0 Å². The summed E-state index contributed by atoms with van der Waals surface area (Å²) in [7, 11) is 0. The van der Waals surface area contributed by atoms with E-state index in [9.17, 15) is 19.5 Å². The normalized spacial score (nSPS) is 13.9. The van der Waals surface area contributed by atoms with Gasteiger partial charge < -0.3 is 19.1 Å². The first-order valence-electron chi connectivity index (χ1n) is 10.5. The van der Waals surface area contributed by atoms with Gasteiger partial charge in [-0.3, -0.25) is 14.4 Å². The fraction of sp³-hybridized carbons (Fsp3) is 0.333. The van der Waals surface area contributed by atoms with Crippen LogP contribution in [0.1, 0.15) is 49.4 Å². The fourth-order valence-corrected chi connectivity index (χ4v) is 4.39. The predicted molar refractivity (Wildman–Crippen MR) is 117 cm³/mol. The third kappa shape index (κ3) is 3.36. The lowest BCUT2D eigenvalue weighted by molar-refractivity contribution is -0.130. The second-order valence-electron chi connectivity index (χ2n) is 8.01. The van der Waals surface area contributed by atoms with Gasteiger partial charge in [0.05, 0.1) is 34.6 Å². The maximum Gasteiger partial charge on any atom is 0.298 e. The van der Waals surface area contributed by atoms with Crippen LogP contribution in [0.4, 0.5) is 0 Å². The monoisotopic (exact) mass is 436 g/mol. The van der Waals surface area contributed by atoms with Crippen LogP contribution >= 0.6 is 0 Å². The number of aliphatic hydroxyl groups is 1. The molecule has 1 N–H and O–H groups in total. The SMILES string of the molecule is CCc1c2c(nc3ccc(OC=O)cc13)-c1cc(C(C)(O)CC)c(COC=O)c(=O)n1C2. The highest BCUT2D eigenvalue weighted by molar-refractivity contribution is 5.89. The van der Waals surface area contributed by atoms with Crippen molar-refractivity contribution >= 4 is 23.8 Å². The molecular formula is C24H24N2O6. The summed E-state index contributed by atoms with van der Waals surface area (Å²) in [5.41, 5.74) is 3.05. The van der Waals surface area contributed by atoms with Gasteiger partial charge in [-0.15, -0.1) is 0 Å². The first-order valence-corrected chi connectivity index (χ1v) is 10.5. The topological polar surface area (TPSA) is 108 Å². The number of benzene rings is 1. The Balaban J connectivity index is 1.99. The molecule has 1 atom stereocenters. The fourth-order valence-electron chi connectivity index (χ4n) is 4.39. The predicted octanol–water partition coefficient (Wildman–Crippen LogP) is 2.81. The smallest absolute Gasteiger partial charge is 0.298 e. The van der Waals surface area contributed by atoms with Gasteiger partial charge in [0.1, 0.15) is 12.4 Å². The summed E-state index contributed by atoms with van der Waals surface area (Å²) in [5, 5.41) is 11.8. The molecule has 0 saturated carbocycles. The molecule has 0 aliphatic carbocycles. The van der Waals surface area contributed by atoms with Crippen molar-refractivity contribution in [2.24, 2.45) is 0 Å². The number of hydrogen-bond acceptors (Lipinski definition) is 7.